The van der Waals surface area contributed by atoms with Crippen LogP contribution >= 0.6 is 0 Å². The topological polar surface area (TPSA) is 66.4 Å². The number of benzene rings is 1. The molecule has 0 aliphatic heterocycles. The summed E-state index contributed by atoms with van der Waals surface area (Å²) in [6.07, 6.45) is 4.83. The van der Waals surface area contributed by atoms with Crippen LogP contribution in [0.5, 0.6) is 0 Å². The lowest BCUT2D eigenvalue weighted by molar-refractivity contribution is 0.483. The fraction of sp³-hybridized carbons (Fsp3) is 0.455. The van der Waals surface area contributed by atoms with Crippen LogP contribution in [0.2, 0.25) is 0 Å². The van der Waals surface area contributed by atoms with Crippen LogP contribution in [0.3, 0.4) is 0 Å². The van der Waals surface area contributed by atoms with Crippen molar-refractivity contribution in [1.82, 2.24) is 0 Å². The first-order valence-electron chi connectivity index (χ1n) is 5.40. The van der Waals surface area contributed by atoms with E-state index in [0.717, 1.165) is 5.69 Å². The van der Waals surface area contributed by atoms with Gasteiger partial charge in [0, 0.05) is 11.7 Å². The highest BCUT2D eigenvalue weighted by molar-refractivity contribution is 7.85. The molecule has 0 spiro atoms. The van der Waals surface area contributed by atoms with E-state index in [9.17, 15) is 8.42 Å². The summed E-state index contributed by atoms with van der Waals surface area (Å²) in [5, 5.41) is 3.34. The molecule has 1 aliphatic carbocycles. The van der Waals surface area contributed by atoms with Crippen molar-refractivity contribution < 1.29 is 13.0 Å². The predicted octanol–water partition coefficient (Wildman–Crippen LogP) is 2.29. The van der Waals surface area contributed by atoms with Crippen LogP contribution in [-0.4, -0.2) is 19.0 Å². The summed E-state index contributed by atoms with van der Waals surface area (Å²) in [5.74, 6) is 0. The Morgan fingerprint density at radius 1 is 1.12 bits per heavy atom. The summed E-state index contributed by atoms with van der Waals surface area (Å²) in [7, 11) is -4.07. The Bertz CT molecular complexity index is 447. The van der Waals surface area contributed by atoms with Crippen molar-refractivity contribution in [3.63, 3.8) is 0 Å². The minimum Gasteiger partial charge on any atom is -0.382 e. The van der Waals surface area contributed by atoms with E-state index in [2.05, 4.69) is 5.32 Å². The van der Waals surface area contributed by atoms with Crippen LogP contribution in [-0.2, 0) is 10.1 Å². The van der Waals surface area contributed by atoms with Crippen LogP contribution in [0.25, 0.3) is 0 Å². The molecule has 0 amide bonds. The third-order valence-corrected chi connectivity index (χ3v) is 3.75. The molecule has 1 fully saturated rings. The maximum absolute atomic E-state index is 10.8. The van der Waals surface area contributed by atoms with E-state index in [1.807, 2.05) is 0 Å². The lowest BCUT2D eigenvalue weighted by Crippen LogP contribution is -2.14. The average molecular weight is 241 g/mol. The van der Waals surface area contributed by atoms with Crippen molar-refractivity contribution in [3.05, 3.63) is 24.3 Å². The molecule has 0 aromatic heterocycles. The van der Waals surface area contributed by atoms with E-state index < -0.39 is 10.1 Å². The summed E-state index contributed by atoms with van der Waals surface area (Å²) < 4.78 is 30.5. The van der Waals surface area contributed by atoms with Crippen LogP contribution in [0, 0.1) is 0 Å². The number of rotatable bonds is 3. The van der Waals surface area contributed by atoms with Crippen molar-refractivity contribution in [1.29, 1.82) is 0 Å². The highest BCUT2D eigenvalue weighted by Gasteiger charge is 2.15. The van der Waals surface area contributed by atoms with Crippen LogP contribution in [0.15, 0.2) is 29.2 Å². The molecule has 2 rings (SSSR count). The number of nitrogens with one attached hydrogen (secondary N) is 1. The maximum atomic E-state index is 10.8. The second kappa shape index (κ2) is 4.43. The zero-order chi connectivity index (χ0) is 11.6. The Kier molecular flexibility index (Phi) is 3.16. The Morgan fingerprint density at radius 3 is 2.19 bits per heavy atom. The van der Waals surface area contributed by atoms with Gasteiger partial charge in [0.05, 0.1) is 4.90 Å². The quantitative estimate of drug-likeness (QED) is 0.797. The average Bonchev–Trinajstić information content (AvgIpc) is 2.70. The van der Waals surface area contributed by atoms with Gasteiger partial charge in [0.25, 0.3) is 10.1 Å². The molecule has 1 aromatic rings. The highest BCUT2D eigenvalue weighted by atomic mass is 32.2. The monoisotopic (exact) mass is 241 g/mol. The molecule has 0 radical (unpaired) electrons. The van der Waals surface area contributed by atoms with Gasteiger partial charge in [-0.1, -0.05) is 12.8 Å². The van der Waals surface area contributed by atoms with E-state index in [-0.39, 0.29) is 4.90 Å². The molecule has 1 aliphatic rings. The first-order valence-corrected chi connectivity index (χ1v) is 6.84. The van der Waals surface area contributed by atoms with E-state index in [0.29, 0.717) is 6.04 Å². The van der Waals surface area contributed by atoms with Crippen molar-refractivity contribution in [2.75, 3.05) is 5.32 Å². The Balaban J connectivity index is 2.07. The first-order chi connectivity index (χ1) is 7.55. The lowest BCUT2D eigenvalue weighted by Gasteiger charge is -2.13. The summed E-state index contributed by atoms with van der Waals surface area (Å²) in [6, 6.07) is 6.68. The van der Waals surface area contributed by atoms with Gasteiger partial charge in [-0.2, -0.15) is 8.42 Å². The molecule has 5 heteroatoms. The Hall–Kier alpha value is -1.07. The van der Waals surface area contributed by atoms with Crippen molar-refractivity contribution >= 4 is 15.8 Å². The van der Waals surface area contributed by atoms with E-state index in [1.165, 1.54) is 37.8 Å². The van der Waals surface area contributed by atoms with Gasteiger partial charge >= 0.3 is 0 Å². The molecule has 0 atom stereocenters. The van der Waals surface area contributed by atoms with Gasteiger partial charge in [-0.15, -0.1) is 0 Å². The third kappa shape index (κ3) is 2.74. The molecular weight excluding hydrogens is 226 g/mol. The van der Waals surface area contributed by atoms with Crippen LogP contribution in [0.4, 0.5) is 5.69 Å². The summed E-state index contributed by atoms with van der Waals surface area (Å²) in [6.45, 7) is 0. The fourth-order valence-electron chi connectivity index (χ4n) is 2.03. The zero-order valence-corrected chi connectivity index (χ0v) is 9.70. The van der Waals surface area contributed by atoms with E-state index in [4.69, 9.17) is 4.55 Å². The lowest BCUT2D eigenvalue weighted by atomic mass is 10.2. The number of hydrogen-bond acceptors (Lipinski definition) is 3. The predicted molar refractivity (Wildman–Crippen MR) is 62.1 cm³/mol. The second-order valence-corrected chi connectivity index (χ2v) is 5.55. The largest absolute Gasteiger partial charge is 0.382 e. The minimum absolute atomic E-state index is 0.0653. The van der Waals surface area contributed by atoms with Gasteiger partial charge in [0.15, 0.2) is 0 Å². The van der Waals surface area contributed by atoms with Gasteiger partial charge in [0.2, 0.25) is 0 Å². The zero-order valence-electron chi connectivity index (χ0n) is 8.89. The first kappa shape index (κ1) is 11.4. The van der Waals surface area contributed by atoms with Gasteiger partial charge in [-0.25, -0.2) is 0 Å². The molecule has 4 nitrogen and oxygen atoms in total. The van der Waals surface area contributed by atoms with Crippen molar-refractivity contribution in [2.45, 2.75) is 36.6 Å². The van der Waals surface area contributed by atoms with Gasteiger partial charge in [0.1, 0.15) is 0 Å². The maximum Gasteiger partial charge on any atom is 0.294 e. The van der Waals surface area contributed by atoms with Crippen molar-refractivity contribution in [3.8, 4) is 0 Å². The van der Waals surface area contributed by atoms with Crippen LogP contribution < -0.4 is 5.32 Å². The Morgan fingerprint density at radius 2 is 1.69 bits per heavy atom. The number of hydrogen-bond donors (Lipinski definition) is 2. The number of anilines is 1. The molecule has 0 bridgehead atoms. The molecule has 0 saturated heterocycles. The van der Waals surface area contributed by atoms with Gasteiger partial charge in [-0.3, -0.25) is 4.55 Å². The molecule has 1 saturated carbocycles. The molecular formula is C11H15NO3S. The molecule has 88 valence electrons. The van der Waals surface area contributed by atoms with Gasteiger partial charge < -0.3 is 5.32 Å². The standard InChI is InChI=1S/C11H15NO3S/c13-16(14,15)11-7-5-10(6-8-11)12-9-3-1-2-4-9/h5-9,12H,1-4H2,(H,13,14,15). The highest BCUT2D eigenvalue weighted by Crippen LogP contribution is 2.22. The summed E-state index contributed by atoms with van der Waals surface area (Å²) >= 11 is 0. The smallest absolute Gasteiger partial charge is 0.294 e. The summed E-state index contributed by atoms with van der Waals surface area (Å²) in [5.41, 5.74) is 0.902. The fourth-order valence-corrected chi connectivity index (χ4v) is 2.51. The molecule has 0 unspecified atom stereocenters. The second-order valence-electron chi connectivity index (χ2n) is 4.13. The van der Waals surface area contributed by atoms with E-state index in [1.54, 1.807) is 12.1 Å². The SMILES string of the molecule is O=S(=O)(O)c1ccc(NC2CCCC2)cc1. The van der Waals surface area contributed by atoms with Crippen molar-refractivity contribution in [2.24, 2.45) is 0 Å². The van der Waals surface area contributed by atoms with E-state index >= 15 is 0 Å². The third-order valence-electron chi connectivity index (χ3n) is 2.88. The molecule has 2 N–H and O–H groups in total. The van der Waals surface area contributed by atoms with Gasteiger partial charge in [-0.05, 0) is 37.1 Å². The normalized spacial score (nSPS) is 17.6. The minimum atomic E-state index is -4.07. The Labute approximate surface area is 95.4 Å². The molecule has 16 heavy (non-hydrogen) atoms. The van der Waals surface area contributed by atoms with Crippen LogP contribution in [0.1, 0.15) is 25.7 Å². The summed E-state index contributed by atoms with van der Waals surface area (Å²) in [4.78, 5) is -0.0653. The molecule has 0 heterocycles. The molecule has 1 aromatic carbocycles.